The molecule has 1 saturated heterocycles. The molecule has 1 fully saturated rings. The Morgan fingerprint density at radius 2 is 1.91 bits per heavy atom. The molecule has 0 radical (unpaired) electrons. The molecule has 1 heterocycles. The van der Waals surface area contributed by atoms with Gasteiger partial charge in [-0.2, -0.15) is 0 Å². The highest BCUT2D eigenvalue weighted by Gasteiger charge is 2.40. The fourth-order valence-corrected chi connectivity index (χ4v) is 2.18. The molecule has 0 aromatic heterocycles. The fraction of sp³-hybridized carbons (Fsp3) is 0.438. The minimum Gasteiger partial charge on any atom is -0.444 e. The predicted octanol–water partition coefficient (Wildman–Crippen LogP) is 1.98. The number of alkyl carbamates (subject to hydrolysis) is 1. The molecule has 0 spiro atoms. The number of halogens is 1. The zero-order valence-electron chi connectivity index (χ0n) is 13.3. The van der Waals surface area contributed by atoms with Crippen molar-refractivity contribution in [2.24, 2.45) is 0 Å². The molecule has 3 amide bonds. The molecule has 1 aliphatic heterocycles. The van der Waals surface area contributed by atoms with Crippen molar-refractivity contribution >= 4 is 17.9 Å². The standard InChI is InChI=1S/C16H19FN2O4/c1-16(2,3)23-15(22)18-12-8-13(20)19(14(12)21)9-10-4-6-11(17)7-5-10/h4-7,12H,8-9H2,1-3H3,(H,18,22)/t12-/m0/s1. The van der Waals surface area contributed by atoms with Crippen LogP contribution in [0.3, 0.4) is 0 Å². The molecule has 2 rings (SSSR count). The van der Waals surface area contributed by atoms with E-state index in [1.807, 2.05) is 0 Å². The van der Waals surface area contributed by atoms with Gasteiger partial charge in [0.05, 0.1) is 13.0 Å². The summed E-state index contributed by atoms with van der Waals surface area (Å²) in [6, 6.07) is 4.60. The van der Waals surface area contributed by atoms with Crippen LogP contribution in [-0.4, -0.2) is 34.5 Å². The van der Waals surface area contributed by atoms with Gasteiger partial charge in [-0.1, -0.05) is 12.1 Å². The molecule has 0 saturated carbocycles. The second-order valence-electron chi connectivity index (χ2n) is 6.35. The number of hydrogen-bond donors (Lipinski definition) is 1. The number of hydrogen-bond acceptors (Lipinski definition) is 4. The van der Waals surface area contributed by atoms with Crippen molar-refractivity contribution in [1.29, 1.82) is 0 Å². The molecule has 0 aliphatic carbocycles. The van der Waals surface area contributed by atoms with Gasteiger partial charge in [0.25, 0.3) is 5.91 Å². The van der Waals surface area contributed by atoms with Crippen LogP contribution in [-0.2, 0) is 20.9 Å². The Morgan fingerprint density at radius 1 is 1.30 bits per heavy atom. The summed E-state index contributed by atoms with van der Waals surface area (Å²) in [4.78, 5) is 37.0. The van der Waals surface area contributed by atoms with Crippen LogP contribution in [0.15, 0.2) is 24.3 Å². The highest BCUT2D eigenvalue weighted by atomic mass is 19.1. The fourth-order valence-electron chi connectivity index (χ4n) is 2.18. The van der Waals surface area contributed by atoms with Crippen LogP contribution in [0.1, 0.15) is 32.8 Å². The van der Waals surface area contributed by atoms with Crippen LogP contribution in [0.4, 0.5) is 9.18 Å². The largest absolute Gasteiger partial charge is 0.444 e. The highest BCUT2D eigenvalue weighted by Crippen LogP contribution is 2.18. The van der Waals surface area contributed by atoms with Gasteiger partial charge in [-0.3, -0.25) is 14.5 Å². The molecule has 7 heteroatoms. The Labute approximate surface area is 133 Å². The average molecular weight is 322 g/mol. The molecule has 124 valence electrons. The Balaban J connectivity index is 1.99. The number of amides is 3. The number of nitrogens with zero attached hydrogens (tertiary/aromatic N) is 1. The molecule has 0 unspecified atom stereocenters. The number of carbonyl (C=O) groups is 3. The third kappa shape index (κ3) is 4.51. The maximum absolute atomic E-state index is 12.9. The molecule has 1 aromatic rings. The first-order valence-corrected chi connectivity index (χ1v) is 7.24. The number of imide groups is 1. The smallest absolute Gasteiger partial charge is 0.408 e. The van der Waals surface area contributed by atoms with Crippen molar-refractivity contribution in [3.8, 4) is 0 Å². The van der Waals surface area contributed by atoms with Gasteiger partial charge in [-0.05, 0) is 38.5 Å². The van der Waals surface area contributed by atoms with Crippen LogP contribution in [0.25, 0.3) is 0 Å². The second kappa shape index (κ2) is 6.36. The van der Waals surface area contributed by atoms with Crippen molar-refractivity contribution in [3.05, 3.63) is 35.6 Å². The quantitative estimate of drug-likeness (QED) is 0.863. The summed E-state index contributed by atoms with van der Waals surface area (Å²) >= 11 is 0. The lowest BCUT2D eigenvalue weighted by molar-refractivity contribution is -0.139. The van der Waals surface area contributed by atoms with E-state index in [0.29, 0.717) is 5.56 Å². The van der Waals surface area contributed by atoms with E-state index < -0.39 is 29.5 Å². The zero-order valence-corrected chi connectivity index (χ0v) is 13.3. The number of rotatable bonds is 3. The van der Waals surface area contributed by atoms with E-state index in [-0.39, 0.29) is 18.9 Å². The third-order valence-corrected chi connectivity index (χ3v) is 3.19. The highest BCUT2D eigenvalue weighted by molar-refractivity contribution is 6.06. The molecular weight excluding hydrogens is 303 g/mol. The van der Waals surface area contributed by atoms with Crippen molar-refractivity contribution in [1.82, 2.24) is 10.2 Å². The molecule has 1 aliphatic rings. The topological polar surface area (TPSA) is 75.7 Å². The summed E-state index contributed by atoms with van der Waals surface area (Å²) in [5.74, 6) is -1.28. The molecule has 0 bridgehead atoms. The lowest BCUT2D eigenvalue weighted by Crippen LogP contribution is -2.43. The summed E-state index contributed by atoms with van der Waals surface area (Å²) in [7, 11) is 0. The molecule has 1 N–H and O–H groups in total. The van der Waals surface area contributed by atoms with Gasteiger partial charge in [0.2, 0.25) is 5.91 Å². The van der Waals surface area contributed by atoms with E-state index in [9.17, 15) is 18.8 Å². The maximum atomic E-state index is 12.9. The van der Waals surface area contributed by atoms with Crippen LogP contribution in [0.2, 0.25) is 0 Å². The van der Waals surface area contributed by atoms with Gasteiger partial charge >= 0.3 is 6.09 Å². The lowest BCUT2D eigenvalue weighted by atomic mass is 10.2. The molecular formula is C16H19FN2O4. The van der Waals surface area contributed by atoms with E-state index in [1.54, 1.807) is 20.8 Å². The Kier molecular flexibility index (Phi) is 4.68. The molecule has 6 nitrogen and oxygen atoms in total. The SMILES string of the molecule is CC(C)(C)OC(=O)N[C@H]1CC(=O)N(Cc2ccc(F)cc2)C1=O. The number of ether oxygens (including phenoxy) is 1. The van der Waals surface area contributed by atoms with Crippen LogP contribution >= 0.6 is 0 Å². The maximum Gasteiger partial charge on any atom is 0.408 e. The first kappa shape index (κ1) is 16.9. The van der Waals surface area contributed by atoms with Crippen LogP contribution in [0, 0.1) is 5.82 Å². The molecule has 1 atom stereocenters. The predicted molar refractivity (Wildman–Crippen MR) is 79.7 cm³/mol. The van der Waals surface area contributed by atoms with E-state index in [0.717, 1.165) is 4.90 Å². The minimum absolute atomic E-state index is 0.0461. The van der Waals surface area contributed by atoms with Gasteiger partial charge in [0.1, 0.15) is 17.5 Å². The van der Waals surface area contributed by atoms with E-state index in [1.165, 1.54) is 24.3 Å². The van der Waals surface area contributed by atoms with Crippen molar-refractivity contribution in [2.75, 3.05) is 0 Å². The van der Waals surface area contributed by atoms with Crippen molar-refractivity contribution in [2.45, 2.75) is 45.4 Å². The monoisotopic (exact) mass is 322 g/mol. The second-order valence-corrected chi connectivity index (χ2v) is 6.35. The Bertz CT molecular complexity index is 622. The van der Waals surface area contributed by atoms with Crippen molar-refractivity contribution in [3.63, 3.8) is 0 Å². The number of carbonyl (C=O) groups excluding carboxylic acids is 3. The van der Waals surface area contributed by atoms with E-state index in [4.69, 9.17) is 4.74 Å². The Morgan fingerprint density at radius 3 is 2.48 bits per heavy atom. The summed E-state index contributed by atoms with van der Waals surface area (Å²) in [6.07, 6.45) is -0.855. The summed E-state index contributed by atoms with van der Waals surface area (Å²) in [5.41, 5.74) is -0.0604. The normalized spacial score (nSPS) is 18.3. The lowest BCUT2D eigenvalue weighted by Gasteiger charge is -2.21. The van der Waals surface area contributed by atoms with E-state index in [2.05, 4.69) is 5.32 Å². The van der Waals surface area contributed by atoms with E-state index >= 15 is 0 Å². The Hall–Kier alpha value is -2.44. The van der Waals surface area contributed by atoms with Gasteiger partial charge < -0.3 is 10.1 Å². The number of likely N-dealkylation sites (tertiary alicyclic amines) is 1. The van der Waals surface area contributed by atoms with Gasteiger partial charge in [-0.15, -0.1) is 0 Å². The minimum atomic E-state index is -0.933. The average Bonchev–Trinajstić information content (AvgIpc) is 2.66. The summed E-state index contributed by atoms with van der Waals surface area (Å²) in [6.45, 7) is 5.16. The number of benzene rings is 1. The first-order chi connectivity index (χ1) is 10.7. The van der Waals surface area contributed by atoms with Gasteiger partial charge in [-0.25, -0.2) is 9.18 Å². The number of nitrogens with one attached hydrogen (secondary N) is 1. The van der Waals surface area contributed by atoms with Gasteiger partial charge in [0.15, 0.2) is 0 Å². The van der Waals surface area contributed by atoms with Crippen LogP contribution in [0.5, 0.6) is 0 Å². The zero-order chi connectivity index (χ0) is 17.2. The van der Waals surface area contributed by atoms with Crippen molar-refractivity contribution < 1.29 is 23.5 Å². The van der Waals surface area contributed by atoms with Crippen LogP contribution < -0.4 is 5.32 Å². The van der Waals surface area contributed by atoms with Gasteiger partial charge in [0, 0.05) is 0 Å². The molecule has 23 heavy (non-hydrogen) atoms. The summed E-state index contributed by atoms with van der Waals surface area (Å²) in [5, 5.41) is 2.41. The third-order valence-electron chi connectivity index (χ3n) is 3.19. The first-order valence-electron chi connectivity index (χ1n) is 7.24. The summed E-state index contributed by atoms with van der Waals surface area (Å²) < 4.78 is 18.0. The molecule has 1 aromatic carbocycles.